The minimum absolute atomic E-state index is 0.0429. The molecule has 2 saturated carbocycles. The van der Waals surface area contributed by atoms with Crippen LogP contribution in [0.2, 0.25) is 0 Å². The molecule has 0 unspecified atom stereocenters. The number of anilines is 1. The highest BCUT2D eigenvalue weighted by Gasteiger charge is 2.40. The minimum Gasteiger partial charge on any atom is -0.461 e. The second kappa shape index (κ2) is 7.18. The van der Waals surface area contributed by atoms with Crippen LogP contribution >= 0.6 is 0 Å². The number of amides is 1. The van der Waals surface area contributed by atoms with Crippen LogP contribution < -0.4 is 10.9 Å². The van der Waals surface area contributed by atoms with Crippen molar-refractivity contribution in [3.05, 3.63) is 40.2 Å². The number of ether oxygens (including phenoxy) is 1. The van der Waals surface area contributed by atoms with Gasteiger partial charge in [0.25, 0.3) is 0 Å². The molecule has 1 amide bonds. The standard InChI is InChI=1S/C21H23NO5/c1-12(23)22-17-4-5-18-16(9-21(25)27-19(18)10-17)11-26-20(24)8-15-7-13-2-3-14(15)6-13/h4-5,9-10,13-15H,2-3,6-8,11H2,1H3,(H,22,23)/t13-,14-,15-/m1/s1. The van der Waals surface area contributed by atoms with Gasteiger partial charge in [0, 0.05) is 42.1 Å². The van der Waals surface area contributed by atoms with Crippen molar-refractivity contribution in [2.45, 2.75) is 45.6 Å². The lowest BCUT2D eigenvalue weighted by Gasteiger charge is -2.20. The highest BCUT2D eigenvalue weighted by atomic mass is 16.5. The second-order valence-corrected chi connectivity index (χ2v) is 7.78. The van der Waals surface area contributed by atoms with E-state index in [0.29, 0.717) is 40.5 Å². The number of esters is 1. The zero-order valence-corrected chi connectivity index (χ0v) is 15.3. The van der Waals surface area contributed by atoms with E-state index in [2.05, 4.69) is 5.32 Å². The molecule has 2 aliphatic rings. The predicted octanol–water partition coefficient (Wildman–Crippen LogP) is 3.62. The van der Waals surface area contributed by atoms with E-state index in [9.17, 15) is 14.4 Å². The average Bonchev–Trinajstić information content (AvgIpc) is 3.21. The first-order chi connectivity index (χ1) is 13.0. The molecule has 1 N–H and O–H groups in total. The van der Waals surface area contributed by atoms with Gasteiger partial charge in [-0.05, 0) is 49.1 Å². The van der Waals surface area contributed by atoms with Crippen LogP contribution in [0.5, 0.6) is 0 Å². The van der Waals surface area contributed by atoms with E-state index >= 15 is 0 Å². The second-order valence-electron chi connectivity index (χ2n) is 7.78. The van der Waals surface area contributed by atoms with Crippen molar-refractivity contribution in [2.24, 2.45) is 17.8 Å². The smallest absolute Gasteiger partial charge is 0.336 e. The average molecular weight is 369 g/mol. The number of carbonyl (C=O) groups is 2. The highest BCUT2D eigenvalue weighted by Crippen LogP contribution is 2.49. The summed E-state index contributed by atoms with van der Waals surface area (Å²) in [5.74, 6) is 1.52. The van der Waals surface area contributed by atoms with E-state index in [0.717, 1.165) is 12.3 Å². The molecule has 2 bridgehead atoms. The van der Waals surface area contributed by atoms with Gasteiger partial charge >= 0.3 is 11.6 Å². The summed E-state index contributed by atoms with van der Waals surface area (Å²) in [6, 6.07) is 6.43. The lowest BCUT2D eigenvalue weighted by atomic mass is 9.86. The topological polar surface area (TPSA) is 85.6 Å². The Morgan fingerprint density at radius 1 is 1.22 bits per heavy atom. The molecule has 27 heavy (non-hydrogen) atoms. The molecule has 0 saturated heterocycles. The molecular formula is C21H23NO5. The van der Waals surface area contributed by atoms with Crippen molar-refractivity contribution in [3.8, 4) is 0 Å². The molecule has 4 rings (SSSR count). The van der Waals surface area contributed by atoms with Gasteiger partial charge in [-0.25, -0.2) is 4.79 Å². The normalized spacial score (nSPS) is 23.5. The number of fused-ring (bicyclic) bond motifs is 3. The quantitative estimate of drug-likeness (QED) is 0.643. The summed E-state index contributed by atoms with van der Waals surface area (Å²) in [5.41, 5.74) is 0.995. The molecule has 2 aliphatic carbocycles. The van der Waals surface area contributed by atoms with Crippen molar-refractivity contribution >= 4 is 28.5 Å². The summed E-state index contributed by atoms with van der Waals surface area (Å²) >= 11 is 0. The summed E-state index contributed by atoms with van der Waals surface area (Å²) in [4.78, 5) is 35.3. The van der Waals surface area contributed by atoms with E-state index in [1.165, 1.54) is 32.3 Å². The Hall–Kier alpha value is -2.63. The van der Waals surface area contributed by atoms with Crippen LogP contribution in [0.25, 0.3) is 11.0 Å². The monoisotopic (exact) mass is 369 g/mol. The van der Waals surface area contributed by atoms with Crippen LogP contribution in [0.15, 0.2) is 33.5 Å². The van der Waals surface area contributed by atoms with Crippen LogP contribution in [0, 0.1) is 17.8 Å². The van der Waals surface area contributed by atoms with E-state index < -0.39 is 5.63 Å². The number of hydrogen-bond acceptors (Lipinski definition) is 5. The van der Waals surface area contributed by atoms with Gasteiger partial charge in [0.1, 0.15) is 12.2 Å². The van der Waals surface area contributed by atoms with Gasteiger partial charge in [0.15, 0.2) is 0 Å². The Bertz CT molecular complexity index is 947. The van der Waals surface area contributed by atoms with Gasteiger partial charge in [-0.3, -0.25) is 9.59 Å². The highest BCUT2D eigenvalue weighted by molar-refractivity contribution is 5.92. The Morgan fingerprint density at radius 3 is 2.78 bits per heavy atom. The molecule has 1 aromatic carbocycles. The molecular weight excluding hydrogens is 346 g/mol. The SMILES string of the molecule is CC(=O)Nc1ccc2c(COC(=O)C[C@H]3C[C@@H]4CC[C@@H]3C4)cc(=O)oc2c1. The van der Waals surface area contributed by atoms with Crippen molar-refractivity contribution in [2.75, 3.05) is 5.32 Å². The third-order valence-corrected chi connectivity index (χ3v) is 5.85. The maximum absolute atomic E-state index is 12.3. The first kappa shape index (κ1) is 17.8. The van der Waals surface area contributed by atoms with Crippen LogP contribution in [0.1, 0.15) is 44.6 Å². The lowest BCUT2D eigenvalue weighted by Crippen LogP contribution is -2.17. The van der Waals surface area contributed by atoms with E-state index in [-0.39, 0.29) is 18.5 Å². The predicted molar refractivity (Wildman–Crippen MR) is 100 cm³/mol. The molecule has 1 aromatic heterocycles. The van der Waals surface area contributed by atoms with Crippen molar-refractivity contribution < 1.29 is 18.7 Å². The van der Waals surface area contributed by atoms with Crippen molar-refractivity contribution in [1.82, 2.24) is 0 Å². The Labute approximate surface area is 156 Å². The van der Waals surface area contributed by atoms with Gasteiger partial charge in [-0.1, -0.05) is 6.42 Å². The zero-order valence-electron chi connectivity index (χ0n) is 15.3. The molecule has 142 valence electrons. The Balaban J connectivity index is 1.45. The molecule has 0 radical (unpaired) electrons. The van der Waals surface area contributed by atoms with Gasteiger partial charge in [0.05, 0.1) is 0 Å². The molecule has 1 heterocycles. The van der Waals surface area contributed by atoms with Crippen molar-refractivity contribution in [1.29, 1.82) is 0 Å². The van der Waals surface area contributed by atoms with E-state index in [1.807, 2.05) is 0 Å². The molecule has 2 fully saturated rings. The van der Waals surface area contributed by atoms with Gasteiger partial charge in [0.2, 0.25) is 5.91 Å². The Kier molecular flexibility index (Phi) is 4.72. The van der Waals surface area contributed by atoms with Crippen LogP contribution in [-0.2, 0) is 20.9 Å². The third-order valence-electron chi connectivity index (χ3n) is 5.85. The fourth-order valence-corrected chi connectivity index (χ4v) is 4.69. The number of benzene rings is 1. The molecule has 2 aromatic rings. The molecule has 0 aliphatic heterocycles. The Morgan fingerprint density at radius 2 is 2.07 bits per heavy atom. The summed E-state index contributed by atoms with van der Waals surface area (Å²) in [7, 11) is 0. The minimum atomic E-state index is -0.512. The summed E-state index contributed by atoms with van der Waals surface area (Å²) < 4.78 is 10.7. The zero-order chi connectivity index (χ0) is 19.0. The molecule has 6 nitrogen and oxygen atoms in total. The van der Waals surface area contributed by atoms with Crippen LogP contribution in [0.4, 0.5) is 5.69 Å². The van der Waals surface area contributed by atoms with Crippen LogP contribution in [0.3, 0.4) is 0 Å². The number of nitrogens with one attached hydrogen (secondary N) is 1. The molecule has 3 atom stereocenters. The van der Waals surface area contributed by atoms with Gasteiger partial charge < -0.3 is 14.5 Å². The first-order valence-corrected chi connectivity index (χ1v) is 9.48. The maximum Gasteiger partial charge on any atom is 0.336 e. The summed E-state index contributed by atoms with van der Waals surface area (Å²) in [6.07, 6.45) is 5.42. The van der Waals surface area contributed by atoms with Gasteiger partial charge in [-0.2, -0.15) is 0 Å². The third kappa shape index (κ3) is 3.89. The van der Waals surface area contributed by atoms with Crippen molar-refractivity contribution in [3.63, 3.8) is 0 Å². The fourth-order valence-electron chi connectivity index (χ4n) is 4.69. The molecule has 6 heteroatoms. The maximum atomic E-state index is 12.3. The number of rotatable bonds is 5. The van der Waals surface area contributed by atoms with Gasteiger partial charge in [-0.15, -0.1) is 0 Å². The lowest BCUT2D eigenvalue weighted by molar-refractivity contribution is -0.146. The number of carbonyl (C=O) groups excluding carboxylic acids is 2. The summed E-state index contributed by atoms with van der Waals surface area (Å²) in [6.45, 7) is 1.45. The van der Waals surface area contributed by atoms with E-state index in [1.54, 1.807) is 18.2 Å². The fraction of sp³-hybridized carbons (Fsp3) is 0.476. The summed E-state index contributed by atoms with van der Waals surface area (Å²) in [5, 5.41) is 3.34. The largest absolute Gasteiger partial charge is 0.461 e. The van der Waals surface area contributed by atoms with E-state index in [4.69, 9.17) is 9.15 Å². The first-order valence-electron chi connectivity index (χ1n) is 9.48. The van der Waals surface area contributed by atoms with Crippen LogP contribution in [-0.4, -0.2) is 11.9 Å². The molecule has 0 spiro atoms. The number of hydrogen-bond donors (Lipinski definition) is 1.